The molecule has 0 saturated carbocycles. The summed E-state index contributed by atoms with van der Waals surface area (Å²) < 4.78 is 45.3. The van der Waals surface area contributed by atoms with Gasteiger partial charge in [-0.25, -0.2) is 0 Å². The number of hydrogen-bond donors (Lipinski definition) is 4. The maximum atomic E-state index is 14.4. The van der Waals surface area contributed by atoms with Gasteiger partial charge in [0.05, 0.1) is 52.6 Å². The number of ether oxygens (including phenoxy) is 7. The van der Waals surface area contributed by atoms with E-state index in [0.29, 0.717) is 23.7 Å². The van der Waals surface area contributed by atoms with Gasteiger partial charge >= 0.3 is 5.97 Å². The lowest BCUT2D eigenvalue weighted by molar-refractivity contribution is -0.316. The van der Waals surface area contributed by atoms with Crippen LogP contribution in [-0.4, -0.2) is 161 Å². The Morgan fingerprint density at radius 3 is 2.19 bits per heavy atom. The van der Waals surface area contributed by atoms with Crippen molar-refractivity contribution < 1.29 is 58.4 Å². The summed E-state index contributed by atoms with van der Waals surface area (Å²) in [7, 11) is 7.31. The monoisotopic (exact) mass is 859 g/mol. The molecule has 0 aliphatic carbocycles. The third-order valence-corrected chi connectivity index (χ3v) is 13.6. The molecule has 1 aromatic carbocycles. The van der Waals surface area contributed by atoms with Gasteiger partial charge in [-0.1, -0.05) is 44.5 Å². The Morgan fingerprint density at radius 2 is 1.59 bits per heavy atom. The van der Waals surface area contributed by atoms with Crippen LogP contribution < -0.4 is 4.74 Å². The average Bonchev–Trinajstić information content (AvgIpc) is 3.16. The number of methoxy groups -OCH3 is 1. The van der Waals surface area contributed by atoms with Crippen molar-refractivity contribution in [2.75, 3.05) is 34.8 Å². The molecule has 4 N–H and O–H groups in total. The van der Waals surface area contributed by atoms with Crippen molar-refractivity contribution in [1.82, 2.24) is 9.80 Å². The van der Waals surface area contributed by atoms with E-state index in [4.69, 9.17) is 44.8 Å². The number of hydrogen-bond acceptors (Lipinski definition) is 14. The van der Waals surface area contributed by atoms with Gasteiger partial charge in [0.25, 0.3) is 0 Å². The summed E-state index contributed by atoms with van der Waals surface area (Å²) >= 11 is 6.63. The first-order chi connectivity index (χ1) is 27.4. The molecule has 18 atom stereocenters. The van der Waals surface area contributed by atoms with E-state index in [1.54, 1.807) is 46.8 Å². The fraction of sp³-hybridized carbons (Fsp3) is 0.841. The zero-order valence-corrected chi connectivity index (χ0v) is 38.6. The Bertz CT molecular complexity index is 1500. The van der Waals surface area contributed by atoms with Crippen LogP contribution in [0.2, 0.25) is 5.02 Å². The largest absolute Gasteiger partial charge is 0.482 e. The van der Waals surface area contributed by atoms with Crippen LogP contribution >= 0.6 is 11.6 Å². The van der Waals surface area contributed by atoms with E-state index < -0.39 is 96.0 Å². The number of para-hydroxylation sites is 1. The maximum Gasteiger partial charge on any atom is 0.311 e. The summed E-state index contributed by atoms with van der Waals surface area (Å²) in [4.78, 5) is 18.4. The standard InChI is InChI=1S/C44H75ClN2O12/c1-15-33-44(10,52)37(48)28(6)47(13)23-24(2)21-42(8,51)39(59-41-36(31(46(11)12)20-25(3)54-41)56-32-19-17-16-18-30(32)45)26(4)35(27(5)40(50)57-33)58-34-22-43(9,53-14)38(49)29(7)55-34/h16-19,24-29,31,33-39,41,48-49,51-52H,15,20-23H2,1-14H3/t24-,25-,26+,27-,28-,29+,31+,33-,34+,35+,36-,37-,38+,39-,41+,42-,43-,44-/m1/s1. The van der Waals surface area contributed by atoms with Crippen molar-refractivity contribution in [1.29, 1.82) is 0 Å². The van der Waals surface area contributed by atoms with Crippen molar-refractivity contribution in [3.63, 3.8) is 0 Å². The number of nitrogens with zero attached hydrogens (tertiary/aromatic N) is 2. The highest BCUT2D eigenvalue weighted by molar-refractivity contribution is 6.32. The van der Waals surface area contributed by atoms with Crippen LogP contribution in [-0.2, 0) is 33.2 Å². The van der Waals surface area contributed by atoms with E-state index in [0.717, 1.165) is 0 Å². The molecule has 0 unspecified atom stereocenters. The second kappa shape index (κ2) is 20.2. The maximum absolute atomic E-state index is 14.4. The molecule has 0 radical (unpaired) electrons. The molecule has 14 nitrogen and oxygen atoms in total. The summed E-state index contributed by atoms with van der Waals surface area (Å²) in [5.41, 5.74) is -4.42. The van der Waals surface area contributed by atoms with Gasteiger partial charge in [-0.15, -0.1) is 0 Å². The second-order valence-electron chi connectivity index (χ2n) is 18.7. The van der Waals surface area contributed by atoms with Gasteiger partial charge in [0.2, 0.25) is 0 Å². The van der Waals surface area contributed by atoms with Gasteiger partial charge in [-0.05, 0) is 107 Å². The number of esters is 1. The zero-order chi connectivity index (χ0) is 44.4. The number of aliphatic hydroxyl groups is 4. The molecule has 3 heterocycles. The number of halogens is 1. The van der Waals surface area contributed by atoms with Gasteiger partial charge in [-0.2, -0.15) is 0 Å². The molecule has 59 heavy (non-hydrogen) atoms. The topological polar surface area (TPSA) is 169 Å². The predicted octanol–water partition coefficient (Wildman–Crippen LogP) is 4.64. The summed E-state index contributed by atoms with van der Waals surface area (Å²) in [5, 5.41) is 47.8. The quantitative estimate of drug-likeness (QED) is 0.254. The van der Waals surface area contributed by atoms with E-state index in [-0.39, 0.29) is 37.3 Å². The van der Waals surface area contributed by atoms with Crippen molar-refractivity contribution in [2.24, 2.45) is 17.8 Å². The van der Waals surface area contributed by atoms with Crippen LogP contribution in [0.3, 0.4) is 0 Å². The van der Waals surface area contributed by atoms with Crippen LogP contribution in [0.5, 0.6) is 5.75 Å². The van der Waals surface area contributed by atoms with Gasteiger partial charge < -0.3 is 63.4 Å². The number of carbonyl (C=O) groups is 1. The SMILES string of the molecule is CC[C@H]1OC(=O)[C@H](C)[C@@H](O[C@H]2C[C@@](C)(OC)[C@@H](O)[C@H](C)O2)[C@H](C)[C@@H](O[C@@H]2O[C@H](C)C[C@H](N(C)C)[C@H]2Oc2ccccc2Cl)[C@](C)(O)C[C@@H](C)CN(C)[C@H](C)[C@@H](O)[C@]1(C)O. The van der Waals surface area contributed by atoms with E-state index >= 15 is 0 Å². The third kappa shape index (κ3) is 11.5. The summed E-state index contributed by atoms with van der Waals surface area (Å²) in [5.74, 6) is -2.16. The molecular weight excluding hydrogens is 784 g/mol. The highest BCUT2D eigenvalue weighted by Gasteiger charge is 2.53. The normalized spacial score (nSPS) is 45.0. The van der Waals surface area contributed by atoms with E-state index in [9.17, 15) is 25.2 Å². The lowest BCUT2D eigenvalue weighted by Crippen LogP contribution is -2.61. The molecule has 0 aromatic heterocycles. The fourth-order valence-electron chi connectivity index (χ4n) is 9.53. The minimum Gasteiger partial charge on any atom is -0.482 e. The highest BCUT2D eigenvalue weighted by atomic mass is 35.5. The number of benzene rings is 1. The first-order valence-electron chi connectivity index (χ1n) is 21.3. The Labute approximate surface area is 357 Å². The van der Waals surface area contributed by atoms with E-state index in [2.05, 4.69) is 4.90 Å². The Kier molecular flexibility index (Phi) is 17.1. The molecule has 3 saturated heterocycles. The molecule has 15 heteroatoms. The molecule has 0 spiro atoms. The minimum atomic E-state index is -1.81. The first kappa shape index (κ1) is 50.0. The lowest BCUT2D eigenvalue weighted by Gasteiger charge is -2.49. The second-order valence-corrected chi connectivity index (χ2v) is 19.1. The van der Waals surface area contributed by atoms with Crippen molar-refractivity contribution in [3.8, 4) is 5.75 Å². The van der Waals surface area contributed by atoms with Crippen molar-refractivity contribution in [2.45, 2.75) is 185 Å². The molecule has 0 amide bonds. The molecule has 3 aliphatic rings. The number of carbonyl (C=O) groups excluding carboxylic acids is 1. The van der Waals surface area contributed by atoms with Gasteiger partial charge in [0.1, 0.15) is 29.7 Å². The fourth-order valence-corrected chi connectivity index (χ4v) is 9.71. The molecule has 1 aromatic rings. The van der Waals surface area contributed by atoms with Crippen LogP contribution in [0.4, 0.5) is 0 Å². The number of cyclic esters (lactones) is 1. The minimum absolute atomic E-state index is 0.128. The van der Waals surface area contributed by atoms with Gasteiger partial charge in [0.15, 0.2) is 18.7 Å². The molecule has 3 aliphatic heterocycles. The van der Waals surface area contributed by atoms with E-state index in [1.807, 2.05) is 65.9 Å². The van der Waals surface area contributed by atoms with Gasteiger partial charge in [0, 0.05) is 32.0 Å². The van der Waals surface area contributed by atoms with Crippen molar-refractivity contribution in [3.05, 3.63) is 29.3 Å². The summed E-state index contributed by atoms with van der Waals surface area (Å²) in [6.07, 6.45) is -7.79. The predicted molar refractivity (Wildman–Crippen MR) is 224 cm³/mol. The smallest absolute Gasteiger partial charge is 0.311 e. The Hall–Kier alpha value is -1.66. The molecular formula is C44H75ClN2O12. The van der Waals surface area contributed by atoms with Gasteiger partial charge in [-0.3, -0.25) is 4.79 Å². The Balaban J connectivity index is 1.88. The lowest BCUT2D eigenvalue weighted by atomic mass is 9.77. The third-order valence-electron chi connectivity index (χ3n) is 13.3. The summed E-state index contributed by atoms with van der Waals surface area (Å²) in [6.45, 7) is 18.3. The zero-order valence-electron chi connectivity index (χ0n) is 37.8. The van der Waals surface area contributed by atoms with Crippen LogP contribution in [0, 0.1) is 17.8 Å². The number of rotatable bonds is 9. The highest BCUT2D eigenvalue weighted by Crippen LogP contribution is 2.41. The summed E-state index contributed by atoms with van der Waals surface area (Å²) in [6, 6.07) is 6.47. The Morgan fingerprint density at radius 1 is 0.949 bits per heavy atom. The van der Waals surface area contributed by atoms with Crippen LogP contribution in [0.15, 0.2) is 24.3 Å². The van der Waals surface area contributed by atoms with Crippen LogP contribution in [0.1, 0.15) is 94.9 Å². The van der Waals surface area contributed by atoms with Crippen LogP contribution in [0.25, 0.3) is 0 Å². The number of likely N-dealkylation sites (N-methyl/N-ethyl adjacent to an activating group) is 2. The molecule has 4 rings (SSSR count). The molecule has 3 fully saturated rings. The average molecular weight is 860 g/mol. The van der Waals surface area contributed by atoms with Crippen molar-refractivity contribution >= 4 is 17.6 Å². The molecule has 0 bridgehead atoms. The first-order valence-corrected chi connectivity index (χ1v) is 21.7. The van der Waals surface area contributed by atoms with E-state index in [1.165, 1.54) is 14.0 Å². The molecule has 340 valence electrons. The number of aliphatic hydroxyl groups excluding tert-OH is 2.